The van der Waals surface area contributed by atoms with Gasteiger partial charge in [0.25, 0.3) is 0 Å². The molecule has 29 heavy (non-hydrogen) atoms. The number of rotatable bonds is 6. The largest absolute Gasteiger partial charge is 0.353 e. The number of piperazine rings is 2. The normalized spacial score (nSPS) is 20.2. The molecule has 9 nitrogen and oxygen atoms in total. The van der Waals surface area contributed by atoms with Gasteiger partial charge in [-0.1, -0.05) is 0 Å². The Morgan fingerprint density at radius 2 is 1.83 bits per heavy atom. The van der Waals surface area contributed by atoms with Crippen molar-refractivity contribution in [3.05, 3.63) is 30.1 Å². The zero-order valence-electron chi connectivity index (χ0n) is 16.0. The third-order valence-corrected chi connectivity index (χ3v) is 5.07. The number of hydrogen-bond donors (Lipinski definition) is 2. The van der Waals surface area contributed by atoms with E-state index in [0.717, 1.165) is 6.41 Å². The smallest absolute Gasteiger partial charge is 0.243 e. The van der Waals surface area contributed by atoms with E-state index in [2.05, 4.69) is 10.6 Å². The van der Waals surface area contributed by atoms with Gasteiger partial charge in [0, 0.05) is 45.0 Å². The molecule has 2 saturated heterocycles. The van der Waals surface area contributed by atoms with E-state index in [1.54, 1.807) is 4.90 Å². The molecule has 2 aliphatic rings. The second kappa shape index (κ2) is 9.46. The van der Waals surface area contributed by atoms with E-state index in [9.17, 15) is 23.6 Å². The number of benzene rings is 1. The van der Waals surface area contributed by atoms with Gasteiger partial charge in [-0.3, -0.25) is 24.1 Å². The minimum absolute atomic E-state index is 0.135. The van der Waals surface area contributed by atoms with E-state index in [1.807, 2.05) is 4.90 Å². The lowest BCUT2D eigenvalue weighted by molar-refractivity contribution is -0.145. The van der Waals surface area contributed by atoms with Crippen LogP contribution < -0.4 is 10.6 Å². The van der Waals surface area contributed by atoms with Gasteiger partial charge in [0.05, 0.1) is 13.0 Å². The van der Waals surface area contributed by atoms with Crippen molar-refractivity contribution in [3.8, 4) is 0 Å². The summed E-state index contributed by atoms with van der Waals surface area (Å²) >= 11 is 0. The molecule has 1 aromatic carbocycles. The Morgan fingerprint density at radius 1 is 1.14 bits per heavy atom. The maximum atomic E-state index is 13.0. The minimum atomic E-state index is -0.895. The quantitative estimate of drug-likeness (QED) is 0.607. The first kappa shape index (κ1) is 20.7. The van der Waals surface area contributed by atoms with Gasteiger partial charge in [0.1, 0.15) is 11.9 Å². The number of anilines is 1. The van der Waals surface area contributed by atoms with Crippen molar-refractivity contribution < 1.29 is 23.6 Å². The fourth-order valence-electron chi connectivity index (χ4n) is 3.45. The lowest BCUT2D eigenvalue weighted by Gasteiger charge is -2.37. The number of hydrogen-bond acceptors (Lipinski definition) is 5. The topological polar surface area (TPSA) is 102 Å². The Morgan fingerprint density at radius 3 is 2.48 bits per heavy atom. The van der Waals surface area contributed by atoms with Crippen LogP contribution in [0.4, 0.5) is 10.1 Å². The number of nitrogens with one attached hydrogen (secondary N) is 2. The van der Waals surface area contributed by atoms with E-state index in [1.165, 1.54) is 29.2 Å². The average Bonchev–Trinajstić information content (AvgIpc) is 2.71. The number of halogens is 1. The van der Waals surface area contributed by atoms with Crippen LogP contribution >= 0.6 is 0 Å². The van der Waals surface area contributed by atoms with Crippen LogP contribution in [0.25, 0.3) is 0 Å². The van der Waals surface area contributed by atoms with Crippen molar-refractivity contribution in [1.82, 2.24) is 20.0 Å². The number of carbonyl (C=O) groups is 4. The summed E-state index contributed by atoms with van der Waals surface area (Å²) in [5, 5.41) is 5.31. The molecule has 0 saturated carbocycles. The van der Waals surface area contributed by atoms with Crippen molar-refractivity contribution >= 4 is 29.8 Å². The molecule has 0 radical (unpaired) electrons. The summed E-state index contributed by atoms with van der Waals surface area (Å²) in [7, 11) is 0. The Balaban J connectivity index is 1.58. The molecule has 0 aliphatic carbocycles. The van der Waals surface area contributed by atoms with Crippen molar-refractivity contribution in [1.29, 1.82) is 0 Å². The Labute approximate surface area is 167 Å². The predicted octanol–water partition coefficient (Wildman–Crippen LogP) is -0.745. The molecule has 0 bridgehead atoms. The van der Waals surface area contributed by atoms with E-state index >= 15 is 0 Å². The summed E-state index contributed by atoms with van der Waals surface area (Å²) in [6.45, 7) is 3.07. The summed E-state index contributed by atoms with van der Waals surface area (Å²) in [5.41, 5.74) is 0.415. The highest BCUT2D eigenvalue weighted by molar-refractivity contribution is 5.97. The second-order valence-corrected chi connectivity index (χ2v) is 7.07. The molecule has 156 valence electrons. The van der Waals surface area contributed by atoms with E-state index in [0.29, 0.717) is 45.0 Å². The molecule has 2 aliphatic heterocycles. The molecule has 1 unspecified atom stereocenters. The molecule has 1 aromatic rings. The molecule has 0 spiro atoms. The molecular formula is C19H24FN5O4. The van der Waals surface area contributed by atoms with Crippen LogP contribution in [-0.4, -0.2) is 90.7 Å². The Kier molecular flexibility index (Phi) is 6.76. The van der Waals surface area contributed by atoms with E-state index in [-0.39, 0.29) is 24.8 Å². The maximum Gasteiger partial charge on any atom is 0.243 e. The Bertz CT molecular complexity index is 764. The van der Waals surface area contributed by atoms with E-state index in [4.69, 9.17) is 0 Å². The fraction of sp³-hybridized carbons (Fsp3) is 0.474. The number of nitrogens with zero attached hydrogens (tertiary/aromatic N) is 3. The van der Waals surface area contributed by atoms with Crippen LogP contribution in [0.15, 0.2) is 24.3 Å². The monoisotopic (exact) mass is 405 g/mol. The third kappa shape index (κ3) is 5.50. The maximum absolute atomic E-state index is 13.0. The molecule has 4 amide bonds. The minimum Gasteiger partial charge on any atom is -0.353 e. The fourth-order valence-corrected chi connectivity index (χ4v) is 3.45. The first-order valence-corrected chi connectivity index (χ1v) is 9.50. The van der Waals surface area contributed by atoms with Crippen LogP contribution in [0.5, 0.6) is 0 Å². The average molecular weight is 405 g/mol. The predicted molar refractivity (Wildman–Crippen MR) is 102 cm³/mol. The summed E-state index contributed by atoms with van der Waals surface area (Å²) in [6.07, 6.45) is 0.609. The Hall–Kier alpha value is -3.01. The molecule has 0 aromatic heterocycles. The van der Waals surface area contributed by atoms with Crippen molar-refractivity contribution in [2.75, 3.05) is 51.1 Å². The molecule has 2 N–H and O–H groups in total. The number of carbonyl (C=O) groups excluding carboxylic acids is 4. The molecule has 10 heteroatoms. The summed E-state index contributed by atoms with van der Waals surface area (Å²) in [6, 6.07) is 4.41. The van der Waals surface area contributed by atoms with Gasteiger partial charge in [-0.25, -0.2) is 4.39 Å². The van der Waals surface area contributed by atoms with Gasteiger partial charge < -0.3 is 20.4 Å². The molecular weight excluding hydrogens is 381 g/mol. The lowest BCUT2D eigenvalue weighted by atomic mass is 10.1. The van der Waals surface area contributed by atoms with Gasteiger partial charge in [-0.05, 0) is 24.3 Å². The van der Waals surface area contributed by atoms with Crippen LogP contribution in [0, 0.1) is 5.82 Å². The van der Waals surface area contributed by atoms with Crippen LogP contribution in [-0.2, 0) is 19.2 Å². The zero-order chi connectivity index (χ0) is 20.8. The SMILES string of the molecule is O=CN1CCN(CC(=O)N2CCNC(=O)C2CC(=O)Nc2ccc(F)cc2)CC1. The van der Waals surface area contributed by atoms with Crippen molar-refractivity contribution in [3.63, 3.8) is 0 Å². The highest BCUT2D eigenvalue weighted by atomic mass is 19.1. The van der Waals surface area contributed by atoms with Gasteiger partial charge in [-0.2, -0.15) is 0 Å². The van der Waals surface area contributed by atoms with Gasteiger partial charge >= 0.3 is 0 Å². The highest BCUT2D eigenvalue weighted by Gasteiger charge is 2.35. The molecule has 1 atom stereocenters. The highest BCUT2D eigenvalue weighted by Crippen LogP contribution is 2.14. The third-order valence-electron chi connectivity index (χ3n) is 5.07. The first-order chi connectivity index (χ1) is 14.0. The van der Waals surface area contributed by atoms with Crippen LogP contribution in [0.2, 0.25) is 0 Å². The van der Waals surface area contributed by atoms with Crippen LogP contribution in [0.3, 0.4) is 0 Å². The van der Waals surface area contributed by atoms with E-state index < -0.39 is 17.8 Å². The summed E-state index contributed by atoms with van der Waals surface area (Å²) in [5.74, 6) is -1.44. The first-order valence-electron chi connectivity index (χ1n) is 9.50. The van der Waals surface area contributed by atoms with Crippen molar-refractivity contribution in [2.24, 2.45) is 0 Å². The molecule has 3 rings (SSSR count). The van der Waals surface area contributed by atoms with Crippen molar-refractivity contribution in [2.45, 2.75) is 12.5 Å². The standard InChI is InChI=1S/C19H24FN5O4/c20-14-1-3-15(4-2-14)22-17(27)11-16-19(29)21-5-6-25(16)18(28)12-23-7-9-24(13-26)10-8-23/h1-4,13,16H,5-12H2,(H,21,29)(H,22,27). The van der Waals surface area contributed by atoms with Gasteiger partial charge in [-0.15, -0.1) is 0 Å². The molecule has 2 heterocycles. The van der Waals surface area contributed by atoms with Gasteiger partial charge in [0.15, 0.2) is 0 Å². The lowest BCUT2D eigenvalue weighted by Crippen LogP contribution is -2.60. The molecule has 2 fully saturated rings. The zero-order valence-corrected chi connectivity index (χ0v) is 16.0. The van der Waals surface area contributed by atoms with Crippen LogP contribution in [0.1, 0.15) is 6.42 Å². The summed E-state index contributed by atoms with van der Waals surface area (Å²) < 4.78 is 13.0. The summed E-state index contributed by atoms with van der Waals surface area (Å²) in [4.78, 5) is 53.3. The number of amides is 4. The second-order valence-electron chi connectivity index (χ2n) is 7.07. The van der Waals surface area contributed by atoms with Gasteiger partial charge in [0.2, 0.25) is 24.1 Å².